The van der Waals surface area contributed by atoms with Crippen molar-refractivity contribution in [3.8, 4) is 5.75 Å². The summed E-state index contributed by atoms with van der Waals surface area (Å²) in [6.07, 6.45) is 1.20. The Bertz CT molecular complexity index is 1570. The van der Waals surface area contributed by atoms with Crippen molar-refractivity contribution in [1.29, 1.82) is 0 Å². The highest BCUT2D eigenvalue weighted by Crippen LogP contribution is 2.37. The number of hydrogen-bond acceptors (Lipinski definition) is 8. The number of carbonyl (C=O) groups excluding carboxylic acids is 3. The molecular formula is C23H13Br2N3O8S. The van der Waals surface area contributed by atoms with Gasteiger partial charge in [0.25, 0.3) is 17.5 Å². The highest BCUT2D eigenvalue weighted by atomic mass is 79.9. The Morgan fingerprint density at radius 2 is 1.54 bits per heavy atom. The minimum Gasteiger partial charge on any atom is -0.377 e. The summed E-state index contributed by atoms with van der Waals surface area (Å²) in [4.78, 5) is 48.7. The molecule has 0 saturated carbocycles. The van der Waals surface area contributed by atoms with Crippen LogP contribution in [0.1, 0.15) is 5.56 Å². The lowest BCUT2D eigenvalue weighted by Gasteiger charge is -2.26. The molecule has 0 unspecified atom stereocenters. The Morgan fingerprint density at radius 1 is 0.946 bits per heavy atom. The lowest BCUT2D eigenvalue weighted by Crippen LogP contribution is -2.54. The number of urea groups is 1. The lowest BCUT2D eigenvalue weighted by molar-refractivity contribution is -0.384. The Kier molecular flexibility index (Phi) is 7.25. The Morgan fingerprint density at radius 3 is 2.11 bits per heavy atom. The number of barbiturate groups is 1. The molecule has 0 atom stereocenters. The van der Waals surface area contributed by atoms with Crippen LogP contribution in [-0.2, 0) is 19.7 Å². The summed E-state index contributed by atoms with van der Waals surface area (Å²) >= 11 is 6.48. The van der Waals surface area contributed by atoms with Crippen molar-refractivity contribution in [1.82, 2.24) is 5.32 Å². The third kappa shape index (κ3) is 5.45. The summed E-state index contributed by atoms with van der Waals surface area (Å²) in [6, 6.07) is 14.0. The smallest absolute Gasteiger partial charge is 0.339 e. The molecule has 1 aliphatic rings. The maximum absolute atomic E-state index is 13.1. The minimum absolute atomic E-state index is 0.0173. The number of non-ortho nitro benzene ring substituents is 1. The lowest BCUT2D eigenvalue weighted by atomic mass is 10.1. The zero-order chi connectivity index (χ0) is 26.9. The molecule has 3 aromatic rings. The van der Waals surface area contributed by atoms with E-state index >= 15 is 0 Å². The summed E-state index contributed by atoms with van der Waals surface area (Å²) in [6.45, 7) is 0. The molecule has 0 radical (unpaired) electrons. The number of imide groups is 2. The standard InChI is InChI=1S/C23H13Br2N3O8S/c24-18-11-13(12-19(25)20(18)36-37(34,35)16-4-2-1-3-5-16)10-17-21(29)26-23(31)27(22(17)30)14-6-8-15(9-7-14)28(32)33/h1-12H,(H,26,29,31)/b17-10+. The van der Waals surface area contributed by atoms with Crippen molar-refractivity contribution < 1.29 is 31.9 Å². The van der Waals surface area contributed by atoms with Crippen molar-refractivity contribution in [2.24, 2.45) is 0 Å². The first kappa shape index (κ1) is 26.2. The van der Waals surface area contributed by atoms with Crippen LogP contribution in [0.5, 0.6) is 5.75 Å². The van der Waals surface area contributed by atoms with E-state index in [4.69, 9.17) is 4.18 Å². The second-order valence-corrected chi connectivity index (χ2v) is 10.7. The van der Waals surface area contributed by atoms with Gasteiger partial charge in [0.2, 0.25) is 0 Å². The van der Waals surface area contributed by atoms with Crippen LogP contribution in [0.25, 0.3) is 6.08 Å². The molecule has 3 aromatic carbocycles. The van der Waals surface area contributed by atoms with Crippen molar-refractivity contribution in [3.05, 3.63) is 96.9 Å². The number of anilines is 1. The van der Waals surface area contributed by atoms with Crippen LogP contribution in [0.2, 0.25) is 0 Å². The average Bonchev–Trinajstić information content (AvgIpc) is 2.85. The molecule has 1 aliphatic heterocycles. The molecule has 14 heteroatoms. The van der Waals surface area contributed by atoms with Gasteiger partial charge in [-0.2, -0.15) is 8.42 Å². The van der Waals surface area contributed by atoms with Gasteiger partial charge < -0.3 is 4.18 Å². The largest absolute Gasteiger partial charge is 0.377 e. The van der Waals surface area contributed by atoms with Gasteiger partial charge in [-0.05, 0) is 79.9 Å². The average molecular weight is 651 g/mol. The van der Waals surface area contributed by atoms with Crippen LogP contribution in [-0.4, -0.2) is 31.2 Å². The molecule has 1 heterocycles. The van der Waals surface area contributed by atoms with Crippen molar-refractivity contribution >= 4 is 77.3 Å². The summed E-state index contributed by atoms with van der Waals surface area (Å²) in [5, 5.41) is 12.9. The quantitative estimate of drug-likeness (QED) is 0.134. The second-order valence-electron chi connectivity index (χ2n) is 7.40. The number of nitrogens with zero attached hydrogens (tertiary/aromatic N) is 2. The molecule has 1 fully saturated rings. The first-order chi connectivity index (χ1) is 17.5. The fourth-order valence-electron chi connectivity index (χ4n) is 3.27. The number of nitrogens with one attached hydrogen (secondary N) is 1. The predicted molar refractivity (Wildman–Crippen MR) is 138 cm³/mol. The van der Waals surface area contributed by atoms with Gasteiger partial charge in [0, 0.05) is 12.1 Å². The van der Waals surface area contributed by atoms with E-state index in [2.05, 4.69) is 37.2 Å². The van der Waals surface area contributed by atoms with Crippen molar-refractivity contribution in [2.75, 3.05) is 4.90 Å². The van der Waals surface area contributed by atoms with Crippen molar-refractivity contribution in [2.45, 2.75) is 4.90 Å². The maximum Gasteiger partial charge on any atom is 0.339 e. The van der Waals surface area contributed by atoms with E-state index in [-0.39, 0.29) is 31.0 Å². The van der Waals surface area contributed by atoms with E-state index in [9.17, 15) is 32.9 Å². The SMILES string of the molecule is O=C1NC(=O)N(c2ccc([N+](=O)[O-])cc2)C(=O)/C1=C/c1cc(Br)c(OS(=O)(=O)c2ccccc2)c(Br)c1. The molecule has 0 spiro atoms. The molecular weight excluding hydrogens is 638 g/mol. The van der Waals surface area contributed by atoms with E-state index in [0.717, 1.165) is 12.1 Å². The highest BCUT2D eigenvalue weighted by molar-refractivity contribution is 9.11. The number of hydrogen-bond donors (Lipinski definition) is 1. The van der Waals surface area contributed by atoms with Gasteiger partial charge in [0.1, 0.15) is 10.5 Å². The first-order valence-electron chi connectivity index (χ1n) is 10.1. The summed E-state index contributed by atoms with van der Waals surface area (Å²) in [5.41, 5.74) is -0.336. The highest BCUT2D eigenvalue weighted by Gasteiger charge is 2.37. The third-order valence-corrected chi connectivity index (χ3v) is 7.39. The van der Waals surface area contributed by atoms with Crippen LogP contribution in [0.4, 0.5) is 16.2 Å². The van der Waals surface area contributed by atoms with Crippen LogP contribution in [0, 0.1) is 10.1 Å². The van der Waals surface area contributed by atoms with Crippen LogP contribution < -0.4 is 14.4 Å². The predicted octanol–water partition coefficient (Wildman–Crippen LogP) is 4.55. The molecule has 0 bridgehead atoms. The second kappa shape index (κ2) is 10.2. The van der Waals surface area contributed by atoms with Crippen LogP contribution >= 0.6 is 31.9 Å². The third-order valence-electron chi connectivity index (χ3n) is 4.98. The van der Waals surface area contributed by atoms with Crippen LogP contribution in [0.15, 0.2) is 86.1 Å². The molecule has 0 aromatic heterocycles. The van der Waals surface area contributed by atoms with Gasteiger partial charge in [-0.15, -0.1) is 0 Å². The summed E-state index contributed by atoms with van der Waals surface area (Å²) < 4.78 is 30.9. The number of amides is 4. The molecule has 4 amide bonds. The molecule has 1 N–H and O–H groups in total. The number of halogens is 2. The molecule has 37 heavy (non-hydrogen) atoms. The van der Waals surface area contributed by atoms with Gasteiger partial charge in [-0.1, -0.05) is 18.2 Å². The Hall–Kier alpha value is -3.88. The first-order valence-corrected chi connectivity index (χ1v) is 13.1. The molecule has 4 rings (SSSR count). The molecule has 1 saturated heterocycles. The van der Waals surface area contributed by atoms with Gasteiger partial charge >= 0.3 is 16.1 Å². The van der Waals surface area contributed by atoms with E-state index in [1.807, 2.05) is 0 Å². The monoisotopic (exact) mass is 649 g/mol. The number of rotatable bonds is 6. The van der Waals surface area contributed by atoms with Gasteiger partial charge in [0.15, 0.2) is 5.75 Å². The summed E-state index contributed by atoms with van der Waals surface area (Å²) in [7, 11) is -4.15. The van der Waals surface area contributed by atoms with Crippen molar-refractivity contribution in [3.63, 3.8) is 0 Å². The number of carbonyl (C=O) groups is 3. The van der Waals surface area contributed by atoms with E-state index in [0.29, 0.717) is 10.5 Å². The van der Waals surface area contributed by atoms with Gasteiger partial charge in [-0.25, -0.2) is 9.69 Å². The molecule has 0 aliphatic carbocycles. The zero-order valence-electron chi connectivity index (χ0n) is 18.3. The minimum atomic E-state index is -4.15. The normalized spacial score (nSPS) is 15.0. The summed E-state index contributed by atoms with van der Waals surface area (Å²) in [5.74, 6) is -1.97. The molecule has 188 valence electrons. The Labute approximate surface area is 226 Å². The number of nitro groups is 1. The fourth-order valence-corrected chi connectivity index (χ4v) is 5.85. The van der Waals surface area contributed by atoms with E-state index in [1.54, 1.807) is 18.2 Å². The Balaban J connectivity index is 1.66. The number of nitro benzene ring substituents is 1. The zero-order valence-corrected chi connectivity index (χ0v) is 22.2. The topological polar surface area (TPSA) is 153 Å². The fraction of sp³-hybridized carbons (Fsp3) is 0. The molecule has 11 nitrogen and oxygen atoms in total. The van der Waals surface area contributed by atoms with Gasteiger partial charge in [0.05, 0.1) is 19.6 Å². The van der Waals surface area contributed by atoms with E-state index in [1.165, 1.54) is 42.5 Å². The number of benzene rings is 3. The maximum atomic E-state index is 13.1. The van der Waals surface area contributed by atoms with Gasteiger partial charge in [-0.3, -0.25) is 25.0 Å². The van der Waals surface area contributed by atoms with E-state index < -0.39 is 38.5 Å². The van der Waals surface area contributed by atoms with Crippen LogP contribution in [0.3, 0.4) is 0 Å².